The first kappa shape index (κ1) is 17.8. The zero-order valence-corrected chi connectivity index (χ0v) is 15.1. The predicted molar refractivity (Wildman–Crippen MR) is 92.6 cm³/mol. The summed E-state index contributed by atoms with van der Waals surface area (Å²) >= 11 is 13.0. The van der Waals surface area contributed by atoms with Gasteiger partial charge in [-0.05, 0) is 43.7 Å². The van der Waals surface area contributed by atoms with E-state index in [2.05, 4.69) is 10.1 Å². The molecule has 0 aliphatic heterocycles. The van der Waals surface area contributed by atoms with Crippen LogP contribution < -0.4 is 5.32 Å². The minimum Gasteiger partial charge on any atom is -0.465 e. The molecule has 0 spiro atoms. The Bertz CT molecular complexity index is 756. The van der Waals surface area contributed by atoms with E-state index in [0.717, 1.165) is 16.9 Å². The molecule has 23 heavy (non-hydrogen) atoms. The number of amides is 1. The predicted octanol–water partition coefficient (Wildman–Crippen LogP) is 4.51. The van der Waals surface area contributed by atoms with Crippen LogP contribution in [0.4, 0.5) is 0 Å². The van der Waals surface area contributed by atoms with Gasteiger partial charge in [0.1, 0.15) is 4.88 Å². The van der Waals surface area contributed by atoms with Crippen LogP contribution in [-0.2, 0) is 10.3 Å². The van der Waals surface area contributed by atoms with Crippen molar-refractivity contribution < 1.29 is 14.3 Å². The molecule has 1 aromatic heterocycles. The number of ether oxygens (including phenoxy) is 1. The van der Waals surface area contributed by atoms with Crippen LogP contribution in [0.15, 0.2) is 30.3 Å². The van der Waals surface area contributed by atoms with Crippen LogP contribution in [0.2, 0.25) is 10.0 Å². The Hall–Kier alpha value is -1.56. The molecule has 0 aliphatic rings. The van der Waals surface area contributed by atoms with Crippen molar-refractivity contribution in [2.24, 2.45) is 0 Å². The third kappa shape index (κ3) is 4.05. The maximum atomic E-state index is 12.4. The fourth-order valence-corrected chi connectivity index (χ4v) is 3.09. The number of esters is 1. The van der Waals surface area contributed by atoms with Gasteiger partial charge < -0.3 is 10.1 Å². The summed E-state index contributed by atoms with van der Waals surface area (Å²) in [6, 6.07) is 8.38. The lowest BCUT2D eigenvalue weighted by Gasteiger charge is -2.27. The number of methoxy groups -OCH3 is 1. The smallest absolute Gasteiger partial charge is 0.348 e. The maximum Gasteiger partial charge on any atom is 0.348 e. The number of benzene rings is 1. The highest BCUT2D eigenvalue weighted by Gasteiger charge is 2.25. The summed E-state index contributed by atoms with van der Waals surface area (Å²) in [5.41, 5.74) is 0.172. The zero-order valence-electron chi connectivity index (χ0n) is 12.8. The Morgan fingerprint density at radius 1 is 1.09 bits per heavy atom. The van der Waals surface area contributed by atoms with E-state index in [1.807, 2.05) is 19.9 Å². The Morgan fingerprint density at radius 2 is 1.74 bits per heavy atom. The molecule has 0 aliphatic carbocycles. The molecule has 0 saturated carbocycles. The molecule has 0 atom stereocenters. The first-order valence-electron chi connectivity index (χ1n) is 6.71. The molecule has 2 rings (SSSR count). The Labute approximate surface area is 148 Å². The van der Waals surface area contributed by atoms with E-state index in [4.69, 9.17) is 23.2 Å². The number of carbonyl (C=O) groups excluding carboxylic acids is 2. The summed E-state index contributed by atoms with van der Waals surface area (Å²) < 4.78 is 4.64. The van der Waals surface area contributed by atoms with Crippen LogP contribution in [0, 0.1) is 0 Å². The first-order valence-corrected chi connectivity index (χ1v) is 8.28. The molecule has 0 fully saturated rings. The number of hydrogen-bond acceptors (Lipinski definition) is 4. The van der Waals surface area contributed by atoms with Crippen LogP contribution in [0.3, 0.4) is 0 Å². The molecule has 2 aromatic rings. The third-order valence-corrected chi connectivity index (χ3v) is 5.09. The van der Waals surface area contributed by atoms with Crippen molar-refractivity contribution in [3.63, 3.8) is 0 Å². The Kier molecular flexibility index (Phi) is 5.34. The van der Waals surface area contributed by atoms with Crippen LogP contribution in [0.1, 0.15) is 38.8 Å². The van der Waals surface area contributed by atoms with Crippen LogP contribution >= 0.6 is 34.5 Å². The minimum atomic E-state index is -0.652. The monoisotopic (exact) mass is 371 g/mol. The molecule has 1 amide bonds. The van der Waals surface area contributed by atoms with Gasteiger partial charge in [-0.3, -0.25) is 4.79 Å². The lowest BCUT2D eigenvalue weighted by atomic mass is 9.94. The summed E-state index contributed by atoms with van der Waals surface area (Å²) in [5, 5.41) is 3.81. The zero-order chi connectivity index (χ0) is 17.2. The van der Waals surface area contributed by atoms with E-state index < -0.39 is 11.5 Å². The molecule has 1 N–H and O–H groups in total. The lowest BCUT2D eigenvalue weighted by molar-refractivity contribution is 0.0606. The van der Waals surface area contributed by atoms with Gasteiger partial charge in [0.25, 0.3) is 5.91 Å². The van der Waals surface area contributed by atoms with Gasteiger partial charge in [-0.2, -0.15) is 0 Å². The maximum absolute atomic E-state index is 12.4. The summed E-state index contributed by atoms with van der Waals surface area (Å²) in [7, 11) is 1.30. The molecule has 0 bridgehead atoms. The quantitative estimate of drug-likeness (QED) is 0.804. The average molecular weight is 372 g/mol. The van der Waals surface area contributed by atoms with E-state index >= 15 is 0 Å². The molecular formula is C16H15Cl2NO3S. The second-order valence-corrected chi connectivity index (χ2v) is 7.26. The molecule has 0 saturated heterocycles. The van der Waals surface area contributed by atoms with Crippen molar-refractivity contribution in [2.45, 2.75) is 19.4 Å². The van der Waals surface area contributed by atoms with Gasteiger partial charge in [-0.15, -0.1) is 11.3 Å². The standard InChI is InChI=1S/C16H15Cl2NO3S/c1-16(2,9-4-5-10(17)11(18)8-9)19-14(20)12-6-7-13(23-12)15(21)22-3/h4-8H,1-3H3,(H,19,20). The van der Waals surface area contributed by atoms with Crippen molar-refractivity contribution in [3.8, 4) is 0 Å². The second kappa shape index (κ2) is 6.91. The topological polar surface area (TPSA) is 55.4 Å². The van der Waals surface area contributed by atoms with Gasteiger partial charge in [0.05, 0.1) is 27.6 Å². The van der Waals surface area contributed by atoms with Crippen molar-refractivity contribution in [3.05, 3.63) is 55.7 Å². The van der Waals surface area contributed by atoms with E-state index in [1.54, 1.807) is 24.3 Å². The molecule has 7 heteroatoms. The molecule has 0 unspecified atom stereocenters. The highest BCUT2D eigenvalue weighted by atomic mass is 35.5. The molecule has 4 nitrogen and oxygen atoms in total. The summed E-state index contributed by atoms with van der Waals surface area (Å²) in [6.45, 7) is 3.72. The SMILES string of the molecule is COC(=O)c1ccc(C(=O)NC(C)(C)c2ccc(Cl)c(Cl)c2)s1. The van der Waals surface area contributed by atoms with Crippen LogP contribution in [0.25, 0.3) is 0 Å². The minimum absolute atomic E-state index is 0.277. The largest absolute Gasteiger partial charge is 0.465 e. The number of rotatable bonds is 4. The van der Waals surface area contributed by atoms with Crippen LogP contribution in [0.5, 0.6) is 0 Å². The molecule has 1 heterocycles. The van der Waals surface area contributed by atoms with Gasteiger partial charge in [-0.25, -0.2) is 4.79 Å². The second-order valence-electron chi connectivity index (χ2n) is 5.36. The number of halogens is 2. The van der Waals surface area contributed by atoms with E-state index in [0.29, 0.717) is 19.8 Å². The Morgan fingerprint density at radius 3 is 2.35 bits per heavy atom. The highest BCUT2D eigenvalue weighted by Crippen LogP contribution is 2.29. The summed E-state index contributed by atoms with van der Waals surface area (Å²) in [4.78, 5) is 24.7. The molecule has 122 valence electrons. The van der Waals surface area contributed by atoms with Gasteiger partial charge >= 0.3 is 5.97 Å². The Balaban J connectivity index is 2.19. The van der Waals surface area contributed by atoms with E-state index in [1.165, 1.54) is 7.11 Å². The van der Waals surface area contributed by atoms with E-state index in [9.17, 15) is 9.59 Å². The molecule has 1 aromatic carbocycles. The number of hydrogen-bond donors (Lipinski definition) is 1. The summed E-state index contributed by atoms with van der Waals surface area (Å²) in [5.74, 6) is -0.737. The molecule has 0 radical (unpaired) electrons. The summed E-state index contributed by atoms with van der Waals surface area (Å²) in [6.07, 6.45) is 0. The van der Waals surface area contributed by atoms with Gasteiger partial charge in [-0.1, -0.05) is 29.3 Å². The van der Waals surface area contributed by atoms with Crippen LogP contribution in [-0.4, -0.2) is 19.0 Å². The van der Waals surface area contributed by atoms with E-state index in [-0.39, 0.29) is 5.91 Å². The van der Waals surface area contributed by atoms with Crippen molar-refractivity contribution in [2.75, 3.05) is 7.11 Å². The number of nitrogens with one attached hydrogen (secondary N) is 1. The lowest BCUT2D eigenvalue weighted by Crippen LogP contribution is -2.40. The first-order chi connectivity index (χ1) is 10.7. The third-order valence-electron chi connectivity index (χ3n) is 3.28. The van der Waals surface area contributed by atoms with Gasteiger partial charge in [0.2, 0.25) is 0 Å². The number of thiophene rings is 1. The van der Waals surface area contributed by atoms with Crippen molar-refractivity contribution in [1.82, 2.24) is 5.32 Å². The fraction of sp³-hybridized carbons (Fsp3) is 0.250. The van der Waals surface area contributed by atoms with Gasteiger partial charge in [0.15, 0.2) is 0 Å². The number of carbonyl (C=O) groups is 2. The average Bonchev–Trinajstić information content (AvgIpc) is 2.98. The van der Waals surface area contributed by atoms with Crippen molar-refractivity contribution >= 4 is 46.4 Å². The van der Waals surface area contributed by atoms with Crippen molar-refractivity contribution in [1.29, 1.82) is 0 Å². The highest BCUT2D eigenvalue weighted by molar-refractivity contribution is 7.15. The van der Waals surface area contributed by atoms with Gasteiger partial charge in [0, 0.05) is 0 Å². The normalized spacial score (nSPS) is 11.2. The fourth-order valence-electron chi connectivity index (χ4n) is 1.97. The molecular weight excluding hydrogens is 357 g/mol.